The van der Waals surface area contributed by atoms with Crippen LogP contribution in [-0.4, -0.2) is 54.9 Å². The lowest BCUT2D eigenvalue weighted by Gasteiger charge is -2.64. The van der Waals surface area contributed by atoms with Gasteiger partial charge in [-0.15, -0.1) is 0 Å². The zero-order valence-electron chi connectivity index (χ0n) is 24.7. The Bertz CT molecular complexity index is 1100. The first kappa shape index (κ1) is 28.0. The van der Waals surface area contributed by atoms with Crippen molar-refractivity contribution < 1.29 is 23.7 Å². The maximum atomic E-state index is 13.3. The molecule has 2 bridgehead atoms. The Balaban J connectivity index is 1.02. The first-order chi connectivity index (χ1) is 19.1. The number of allylic oxidation sites excluding steroid dienone is 4. The fraction of sp³-hybridized carbons (Fsp3) is 0.774. The molecule has 40 heavy (non-hydrogen) atoms. The normalized spacial score (nSPS) is 39.5. The van der Waals surface area contributed by atoms with E-state index in [4.69, 9.17) is 14.1 Å². The molecule has 0 aromatic rings. The minimum atomic E-state index is -0.710. The molecule has 0 aromatic heterocycles. The van der Waals surface area contributed by atoms with Crippen LogP contribution in [0.4, 0.5) is 0 Å². The summed E-state index contributed by atoms with van der Waals surface area (Å²) in [6.45, 7) is 11.5. The van der Waals surface area contributed by atoms with E-state index in [0.29, 0.717) is 42.3 Å². The van der Waals surface area contributed by atoms with Crippen molar-refractivity contribution in [2.75, 3.05) is 6.54 Å². The van der Waals surface area contributed by atoms with Crippen LogP contribution in [0.25, 0.3) is 0 Å². The van der Waals surface area contributed by atoms with Crippen LogP contribution in [0, 0.1) is 40.9 Å². The van der Waals surface area contributed by atoms with Gasteiger partial charge in [0.1, 0.15) is 0 Å². The van der Waals surface area contributed by atoms with E-state index in [0.717, 1.165) is 32.1 Å². The predicted molar refractivity (Wildman–Crippen MR) is 154 cm³/mol. The lowest BCUT2D eigenvalue weighted by atomic mass is 9.43. The van der Waals surface area contributed by atoms with Gasteiger partial charge in [-0.25, -0.2) is 0 Å². The van der Waals surface area contributed by atoms with Gasteiger partial charge in [0.05, 0.1) is 29.9 Å². The highest BCUT2D eigenvalue weighted by Crippen LogP contribution is 2.65. The average molecular weight is 552 g/mol. The Labute approximate surface area is 239 Å². The van der Waals surface area contributed by atoms with Gasteiger partial charge in [-0.05, 0) is 74.0 Å². The zero-order chi connectivity index (χ0) is 28.2. The average Bonchev–Trinajstić information content (AvgIpc) is 3.54. The molecular weight excluding hydrogens is 505 g/mol. The fourth-order valence-electron chi connectivity index (χ4n) is 8.55. The molecule has 0 spiro atoms. The lowest BCUT2D eigenvalue weighted by molar-refractivity contribution is -0.199. The molecule has 2 amide bonds. The molecule has 7 rings (SSSR count). The van der Waals surface area contributed by atoms with Crippen molar-refractivity contribution in [3.8, 4) is 0 Å². The topological polar surface area (TPSA) is 98.3 Å². The summed E-state index contributed by atoms with van der Waals surface area (Å²) in [6.07, 6.45) is 14.3. The van der Waals surface area contributed by atoms with E-state index in [1.54, 1.807) is 0 Å². The van der Waals surface area contributed by atoms with E-state index in [-0.39, 0.29) is 46.7 Å². The quantitative estimate of drug-likeness (QED) is 0.441. The summed E-state index contributed by atoms with van der Waals surface area (Å²) in [5, 5.41) is 10.4. The van der Waals surface area contributed by atoms with Gasteiger partial charge >= 0.3 is 7.12 Å². The van der Waals surface area contributed by atoms with Gasteiger partial charge in [-0.2, -0.15) is 0 Å². The van der Waals surface area contributed by atoms with E-state index in [1.165, 1.54) is 6.42 Å². The van der Waals surface area contributed by atoms with Gasteiger partial charge in [-0.3, -0.25) is 9.59 Å². The van der Waals surface area contributed by atoms with Gasteiger partial charge in [0.25, 0.3) is 5.91 Å². The Morgan fingerprint density at radius 3 is 2.70 bits per heavy atom. The van der Waals surface area contributed by atoms with Crippen LogP contribution in [0.2, 0.25) is 0 Å². The minimum Gasteiger partial charge on any atom is -0.404 e. The molecule has 2 N–H and O–H groups in total. The number of hydrogen-bond acceptors (Lipinski definition) is 6. The maximum absolute atomic E-state index is 13.3. The fourth-order valence-corrected chi connectivity index (χ4v) is 8.55. The summed E-state index contributed by atoms with van der Waals surface area (Å²) in [4.78, 5) is 31.9. The van der Waals surface area contributed by atoms with Crippen LogP contribution < -0.4 is 10.6 Å². The molecule has 2 heterocycles. The van der Waals surface area contributed by atoms with Gasteiger partial charge in [-0.1, -0.05) is 63.6 Å². The molecule has 1 saturated heterocycles. The summed E-state index contributed by atoms with van der Waals surface area (Å²) in [6, 6.07) is 0. The van der Waals surface area contributed by atoms with Gasteiger partial charge in [0, 0.05) is 12.3 Å². The second kappa shape index (κ2) is 10.6. The molecule has 4 saturated carbocycles. The summed E-state index contributed by atoms with van der Waals surface area (Å²) < 4.78 is 13.2. The zero-order valence-corrected chi connectivity index (χ0v) is 24.7. The highest BCUT2D eigenvalue weighted by Gasteiger charge is 2.68. The standard InChI is InChI=1S/C31H46BN3O5/c1-18(2)13-27(32-38-26-15-20-14-25(30(20,3)4)31(26,5)40-32)34-29(37)24-16-21(35-39-24)17-33-28(36)23-12-8-10-19-9-6-7-11-22(19)23/h6-7,9,11,18-20,22-27H,8,10,12-17H2,1-5H3,(H,33,36)(H,34,37)/t19?,20-,22?,23?,24?,25-,26+,27-,31-/m0/s1. The number of amides is 2. The molecule has 2 aliphatic heterocycles. The molecule has 5 fully saturated rings. The third-order valence-corrected chi connectivity index (χ3v) is 11.0. The van der Waals surface area contributed by atoms with E-state index >= 15 is 0 Å². The first-order valence-corrected chi connectivity index (χ1v) is 15.5. The lowest BCUT2D eigenvalue weighted by Crippen LogP contribution is -2.65. The molecule has 9 heteroatoms. The van der Waals surface area contributed by atoms with Crippen molar-refractivity contribution in [2.24, 2.45) is 46.1 Å². The molecular formula is C31H46BN3O5. The van der Waals surface area contributed by atoms with Gasteiger partial charge in [0.2, 0.25) is 12.0 Å². The number of fused-ring (bicyclic) bond motifs is 1. The summed E-state index contributed by atoms with van der Waals surface area (Å²) >= 11 is 0. The van der Waals surface area contributed by atoms with Crippen LogP contribution in [0.1, 0.15) is 79.6 Å². The number of carbonyl (C=O) groups is 2. The van der Waals surface area contributed by atoms with Gasteiger partial charge < -0.3 is 24.8 Å². The highest BCUT2D eigenvalue weighted by molar-refractivity contribution is 6.48. The summed E-state index contributed by atoms with van der Waals surface area (Å²) in [7, 11) is -0.472. The monoisotopic (exact) mass is 551 g/mol. The van der Waals surface area contributed by atoms with Crippen LogP contribution >= 0.6 is 0 Å². The Hall–Kier alpha value is -2.13. The van der Waals surface area contributed by atoms with Crippen molar-refractivity contribution in [3.05, 3.63) is 24.3 Å². The number of oxime groups is 1. The van der Waals surface area contributed by atoms with Crippen molar-refractivity contribution >= 4 is 24.6 Å². The van der Waals surface area contributed by atoms with E-state index in [1.807, 2.05) is 0 Å². The highest BCUT2D eigenvalue weighted by atomic mass is 16.7. The number of nitrogens with zero attached hydrogens (tertiary/aromatic N) is 1. The number of nitrogens with one attached hydrogen (secondary N) is 2. The molecule has 5 aliphatic carbocycles. The van der Waals surface area contributed by atoms with Crippen LogP contribution in [-0.2, 0) is 23.7 Å². The SMILES string of the molecule is CC(C)C[C@H](NC(=O)C1CC(CNC(=O)C2CCCC3C=CC=CC32)=NO1)B1O[C@@H]2C[C@@H]3C[C@@H](C3(C)C)[C@]2(C)O1. The second-order valence-corrected chi connectivity index (χ2v) is 14.3. The van der Waals surface area contributed by atoms with E-state index < -0.39 is 13.2 Å². The summed E-state index contributed by atoms with van der Waals surface area (Å²) in [5.74, 6) is 1.79. The largest absolute Gasteiger partial charge is 0.481 e. The summed E-state index contributed by atoms with van der Waals surface area (Å²) in [5.41, 5.74) is 0.641. The van der Waals surface area contributed by atoms with Crippen molar-refractivity contribution in [3.63, 3.8) is 0 Å². The van der Waals surface area contributed by atoms with Crippen LogP contribution in [0.15, 0.2) is 29.5 Å². The van der Waals surface area contributed by atoms with Crippen LogP contribution in [0.3, 0.4) is 0 Å². The Kier molecular flexibility index (Phi) is 7.43. The second-order valence-electron chi connectivity index (χ2n) is 14.3. The molecule has 218 valence electrons. The molecule has 4 unspecified atom stereocenters. The minimum absolute atomic E-state index is 0.0211. The molecule has 0 radical (unpaired) electrons. The van der Waals surface area contributed by atoms with Crippen molar-refractivity contribution in [1.29, 1.82) is 0 Å². The third-order valence-electron chi connectivity index (χ3n) is 11.0. The predicted octanol–water partition coefficient (Wildman–Crippen LogP) is 4.20. The first-order valence-electron chi connectivity index (χ1n) is 15.5. The maximum Gasteiger partial charge on any atom is 0.481 e. The van der Waals surface area contributed by atoms with Crippen LogP contribution in [0.5, 0.6) is 0 Å². The van der Waals surface area contributed by atoms with Crippen molar-refractivity contribution in [1.82, 2.24) is 10.6 Å². The smallest absolute Gasteiger partial charge is 0.404 e. The number of rotatable bonds is 8. The van der Waals surface area contributed by atoms with E-state index in [9.17, 15) is 9.59 Å². The third kappa shape index (κ3) is 4.95. The number of hydrogen-bond donors (Lipinski definition) is 2. The van der Waals surface area contributed by atoms with Gasteiger partial charge in [0.15, 0.2) is 0 Å². The molecule has 7 aliphatic rings. The van der Waals surface area contributed by atoms with E-state index in [2.05, 4.69) is 74.7 Å². The Morgan fingerprint density at radius 2 is 1.93 bits per heavy atom. The molecule has 8 nitrogen and oxygen atoms in total. The molecule has 9 atom stereocenters. The van der Waals surface area contributed by atoms with Crippen molar-refractivity contribution in [2.45, 2.75) is 103 Å². The molecule has 0 aromatic carbocycles. The number of carbonyl (C=O) groups excluding carboxylic acids is 2. The Morgan fingerprint density at radius 1 is 1.12 bits per heavy atom.